The average Bonchev–Trinajstić information content (AvgIpc) is 3.41. The number of rotatable bonds is 4. The predicted octanol–water partition coefficient (Wildman–Crippen LogP) is 5.61. The normalized spacial score (nSPS) is 23.0. The van der Waals surface area contributed by atoms with Gasteiger partial charge in [0.15, 0.2) is 5.17 Å². The third-order valence-corrected chi connectivity index (χ3v) is 7.34. The van der Waals surface area contributed by atoms with Gasteiger partial charge in [-0.2, -0.15) is 0 Å². The van der Waals surface area contributed by atoms with Gasteiger partial charge in [-0.05, 0) is 56.2 Å². The van der Waals surface area contributed by atoms with Gasteiger partial charge in [0.2, 0.25) is 0 Å². The van der Waals surface area contributed by atoms with Gasteiger partial charge < -0.3 is 9.47 Å². The summed E-state index contributed by atoms with van der Waals surface area (Å²) < 4.78 is 16.7. The molecule has 0 spiro atoms. The van der Waals surface area contributed by atoms with E-state index >= 15 is 0 Å². The van der Waals surface area contributed by atoms with E-state index < -0.39 is 0 Å². The van der Waals surface area contributed by atoms with Crippen molar-refractivity contribution in [2.75, 3.05) is 5.75 Å². The standard InChI is InChI=1S/C24H25FN4S/c1-4-17-14-30-24-27-22(20-10-7-8-12-26-20)23(29(17)24)18-13-15(2)28(16(18)3)21-11-6-5-9-19(21)25/h5-13,17,22-23H,4,14H2,1-3H3/t17-,22-,23+/m1/s1. The first-order chi connectivity index (χ1) is 14.6. The number of nitrogens with zero attached hydrogens (tertiary/aromatic N) is 4. The summed E-state index contributed by atoms with van der Waals surface area (Å²) in [7, 11) is 0. The molecule has 2 aromatic heterocycles. The van der Waals surface area contributed by atoms with Crippen LogP contribution in [0.25, 0.3) is 5.69 Å². The largest absolute Gasteiger partial charge is 0.338 e. The zero-order valence-electron chi connectivity index (χ0n) is 17.4. The lowest BCUT2D eigenvalue weighted by Crippen LogP contribution is -2.35. The molecule has 3 atom stereocenters. The van der Waals surface area contributed by atoms with Crippen molar-refractivity contribution in [2.45, 2.75) is 45.3 Å². The quantitative estimate of drug-likeness (QED) is 0.550. The molecule has 4 nitrogen and oxygen atoms in total. The van der Waals surface area contributed by atoms with Crippen LogP contribution in [0.4, 0.5) is 4.39 Å². The van der Waals surface area contributed by atoms with Gasteiger partial charge in [-0.3, -0.25) is 9.98 Å². The molecule has 154 valence electrons. The Morgan fingerprint density at radius 1 is 1.13 bits per heavy atom. The van der Waals surface area contributed by atoms with Gasteiger partial charge in [0.1, 0.15) is 11.9 Å². The number of hydrogen-bond donors (Lipinski definition) is 0. The van der Waals surface area contributed by atoms with Gasteiger partial charge in [-0.15, -0.1) is 0 Å². The molecule has 0 N–H and O–H groups in total. The van der Waals surface area contributed by atoms with E-state index in [1.165, 1.54) is 11.6 Å². The first kappa shape index (κ1) is 19.4. The van der Waals surface area contributed by atoms with E-state index in [0.29, 0.717) is 11.7 Å². The molecule has 5 rings (SSSR count). The number of thioether (sulfide) groups is 1. The summed E-state index contributed by atoms with van der Waals surface area (Å²) in [5.74, 6) is 0.853. The second-order valence-electron chi connectivity index (χ2n) is 7.95. The van der Waals surface area contributed by atoms with Crippen LogP contribution in [0, 0.1) is 19.7 Å². The number of aryl methyl sites for hydroxylation is 1. The monoisotopic (exact) mass is 420 g/mol. The van der Waals surface area contributed by atoms with Crippen LogP contribution in [0.15, 0.2) is 59.7 Å². The first-order valence-corrected chi connectivity index (χ1v) is 11.4. The van der Waals surface area contributed by atoms with E-state index in [4.69, 9.17) is 4.99 Å². The number of fused-ring (bicyclic) bond motifs is 1. The molecule has 1 saturated heterocycles. The van der Waals surface area contributed by atoms with Crippen LogP contribution >= 0.6 is 11.8 Å². The molecule has 1 fully saturated rings. The van der Waals surface area contributed by atoms with Crippen LogP contribution in [-0.2, 0) is 0 Å². The van der Waals surface area contributed by atoms with E-state index in [1.54, 1.807) is 6.07 Å². The fourth-order valence-electron chi connectivity index (χ4n) is 4.78. The van der Waals surface area contributed by atoms with E-state index in [-0.39, 0.29) is 17.9 Å². The highest BCUT2D eigenvalue weighted by molar-refractivity contribution is 8.14. The molecule has 0 radical (unpaired) electrons. The highest BCUT2D eigenvalue weighted by Gasteiger charge is 2.46. The van der Waals surface area contributed by atoms with Crippen molar-refractivity contribution in [2.24, 2.45) is 4.99 Å². The van der Waals surface area contributed by atoms with Crippen molar-refractivity contribution in [3.8, 4) is 5.69 Å². The fraction of sp³-hybridized carbons (Fsp3) is 0.333. The van der Waals surface area contributed by atoms with Gasteiger partial charge >= 0.3 is 0 Å². The van der Waals surface area contributed by atoms with Crippen molar-refractivity contribution in [1.82, 2.24) is 14.5 Å². The molecular weight excluding hydrogens is 395 g/mol. The Bertz CT molecular complexity index is 1110. The first-order valence-electron chi connectivity index (χ1n) is 10.4. The summed E-state index contributed by atoms with van der Waals surface area (Å²) in [6.07, 6.45) is 2.91. The minimum Gasteiger partial charge on any atom is -0.338 e. The number of para-hydroxylation sites is 1. The molecule has 2 aliphatic rings. The van der Waals surface area contributed by atoms with Crippen LogP contribution in [0.2, 0.25) is 0 Å². The summed E-state index contributed by atoms with van der Waals surface area (Å²) in [4.78, 5) is 12.2. The smallest absolute Gasteiger partial charge is 0.160 e. The van der Waals surface area contributed by atoms with Crippen molar-refractivity contribution in [3.05, 3.63) is 83.2 Å². The van der Waals surface area contributed by atoms with Crippen LogP contribution in [0.5, 0.6) is 0 Å². The van der Waals surface area contributed by atoms with Crippen molar-refractivity contribution in [3.63, 3.8) is 0 Å². The van der Waals surface area contributed by atoms with Gasteiger partial charge in [0, 0.05) is 29.4 Å². The third kappa shape index (κ3) is 2.97. The summed E-state index contributed by atoms with van der Waals surface area (Å²) in [5, 5.41) is 1.11. The highest BCUT2D eigenvalue weighted by Crippen LogP contribution is 2.49. The van der Waals surface area contributed by atoms with Crippen LogP contribution in [0.1, 0.15) is 48.1 Å². The minimum atomic E-state index is -0.210. The van der Waals surface area contributed by atoms with Crippen molar-refractivity contribution < 1.29 is 4.39 Å². The lowest BCUT2D eigenvalue weighted by molar-refractivity contribution is 0.254. The van der Waals surface area contributed by atoms with E-state index in [0.717, 1.165) is 34.4 Å². The topological polar surface area (TPSA) is 33.4 Å². The number of halogens is 1. The zero-order chi connectivity index (χ0) is 20.8. The molecule has 3 aromatic rings. The van der Waals surface area contributed by atoms with Crippen LogP contribution in [0.3, 0.4) is 0 Å². The number of pyridine rings is 1. The Balaban J connectivity index is 1.66. The lowest BCUT2D eigenvalue weighted by atomic mass is 9.95. The van der Waals surface area contributed by atoms with Gasteiger partial charge in [0.05, 0.1) is 17.4 Å². The SMILES string of the molecule is CC[C@@H]1CSC2=N[C@H](c3ccccn3)[C@H](c3cc(C)n(-c4ccccc4F)c3C)N21. The van der Waals surface area contributed by atoms with Crippen LogP contribution < -0.4 is 0 Å². The maximum Gasteiger partial charge on any atom is 0.160 e. The summed E-state index contributed by atoms with van der Waals surface area (Å²) in [6.45, 7) is 6.37. The van der Waals surface area contributed by atoms with Gasteiger partial charge in [0.25, 0.3) is 0 Å². The van der Waals surface area contributed by atoms with Gasteiger partial charge in [-0.25, -0.2) is 4.39 Å². The maximum atomic E-state index is 14.6. The number of aromatic nitrogens is 2. The zero-order valence-corrected chi connectivity index (χ0v) is 18.2. The number of hydrogen-bond acceptors (Lipinski definition) is 4. The number of aliphatic imine (C=N–C) groups is 1. The second-order valence-corrected chi connectivity index (χ2v) is 8.94. The highest BCUT2D eigenvalue weighted by atomic mass is 32.2. The number of benzene rings is 1. The Kier molecular flexibility index (Phi) is 4.89. The predicted molar refractivity (Wildman–Crippen MR) is 121 cm³/mol. The molecule has 0 bridgehead atoms. The molecule has 30 heavy (non-hydrogen) atoms. The van der Waals surface area contributed by atoms with Crippen LogP contribution in [-0.4, -0.2) is 31.4 Å². The summed E-state index contributed by atoms with van der Waals surface area (Å²) in [6, 6.07) is 15.7. The molecule has 4 heterocycles. The Morgan fingerprint density at radius 3 is 2.67 bits per heavy atom. The molecule has 6 heteroatoms. The van der Waals surface area contributed by atoms with E-state index in [1.807, 2.05) is 53.7 Å². The molecule has 0 amide bonds. The molecule has 0 saturated carbocycles. The minimum absolute atomic E-state index is 0.0578. The maximum absolute atomic E-state index is 14.6. The summed E-state index contributed by atoms with van der Waals surface area (Å²) >= 11 is 1.84. The van der Waals surface area contributed by atoms with Crippen molar-refractivity contribution in [1.29, 1.82) is 0 Å². The Labute approximate surface area is 180 Å². The second kappa shape index (κ2) is 7.58. The van der Waals surface area contributed by atoms with E-state index in [2.05, 4.69) is 35.9 Å². The third-order valence-electron chi connectivity index (χ3n) is 6.21. The van der Waals surface area contributed by atoms with E-state index in [9.17, 15) is 4.39 Å². The Morgan fingerprint density at radius 2 is 1.93 bits per heavy atom. The summed E-state index contributed by atoms with van der Waals surface area (Å²) in [5.41, 5.74) is 4.87. The molecule has 0 unspecified atom stereocenters. The lowest BCUT2D eigenvalue weighted by Gasteiger charge is -2.32. The molecule has 0 aliphatic carbocycles. The van der Waals surface area contributed by atoms with Gasteiger partial charge in [-0.1, -0.05) is 36.9 Å². The molecule has 2 aliphatic heterocycles. The molecular formula is C24H25FN4S. The number of amidine groups is 1. The molecule has 1 aromatic carbocycles. The fourth-order valence-corrected chi connectivity index (χ4v) is 6.12. The average molecular weight is 421 g/mol. The Hall–Kier alpha value is -2.60. The van der Waals surface area contributed by atoms with Crippen molar-refractivity contribution >= 4 is 16.9 Å².